The van der Waals surface area contributed by atoms with E-state index in [9.17, 15) is 0 Å². The Bertz CT molecular complexity index is 396. The molecule has 1 aromatic heterocycles. The van der Waals surface area contributed by atoms with E-state index in [0.717, 1.165) is 32.7 Å². The molecule has 1 fully saturated rings. The van der Waals surface area contributed by atoms with E-state index < -0.39 is 0 Å². The van der Waals surface area contributed by atoms with Crippen molar-refractivity contribution in [2.45, 2.75) is 52.7 Å². The number of nitrogens with one attached hydrogen (secondary N) is 1. The standard InChI is InChI=1S/C15H28N4S/c1-5-13(4)18-6-8-19(9-7-18)15-17-11-14(20-15)10-16-12(2)3/h11-13,16H,5-10H2,1-4H3. The smallest absolute Gasteiger partial charge is 0.185 e. The summed E-state index contributed by atoms with van der Waals surface area (Å²) in [6, 6.07) is 1.24. The van der Waals surface area contributed by atoms with Crippen molar-refractivity contribution in [3.05, 3.63) is 11.1 Å². The molecule has 1 saturated heterocycles. The zero-order valence-corrected chi connectivity index (χ0v) is 14.0. The maximum atomic E-state index is 4.59. The highest BCUT2D eigenvalue weighted by molar-refractivity contribution is 7.15. The van der Waals surface area contributed by atoms with Gasteiger partial charge in [-0.05, 0) is 13.3 Å². The number of hydrogen-bond donors (Lipinski definition) is 1. The molecule has 0 aromatic carbocycles. The molecule has 0 amide bonds. The van der Waals surface area contributed by atoms with Crippen molar-refractivity contribution in [3.63, 3.8) is 0 Å². The Balaban J connectivity index is 1.84. The molecule has 114 valence electrons. The molecule has 5 heteroatoms. The molecule has 1 aromatic rings. The van der Waals surface area contributed by atoms with Gasteiger partial charge in [-0.1, -0.05) is 20.8 Å². The Morgan fingerprint density at radius 1 is 1.25 bits per heavy atom. The maximum Gasteiger partial charge on any atom is 0.185 e. The van der Waals surface area contributed by atoms with Crippen LogP contribution in [0, 0.1) is 0 Å². The topological polar surface area (TPSA) is 31.4 Å². The second-order valence-electron chi connectivity index (χ2n) is 5.93. The van der Waals surface area contributed by atoms with Crippen LogP contribution in [0.2, 0.25) is 0 Å². The van der Waals surface area contributed by atoms with Crippen LogP contribution in [0.3, 0.4) is 0 Å². The van der Waals surface area contributed by atoms with Crippen molar-refractivity contribution in [3.8, 4) is 0 Å². The Morgan fingerprint density at radius 2 is 1.95 bits per heavy atom. The van der Waals surface area contributed by atoms with Gasteiger partial charge in [0.25, 0.3) is 0 Å². The summed E-state index contributed by atoms with van der Waals surface area (Å²) in [6.07, 6.45) is 3.26. The first-order valence-corrected chi connectivity index (χ1v) is 8.59. The van der Waals surface area contributed by atoms with Gasteiger partial charge < -0.3 is 10.2 Å². The SMILES string of the molecule is CCC(C)N1CCN(c2ncc(CNC(C)C)s2)CC1. The van der Waals surface area contributed by atoms with E-state index in [2.05, 4.69) is 47.8 Å². The third-order valence-corrected chi connectivity index (χ3v) is 5.08. The molecule has 1 aliphatic heterocycles. The molecular weight excluding hydrogens is 268 g/mol. The molecule has 0 radical (unpaired) electrons. The predicted molar refractivity (Wildman–Crippen MR) is 87.6 cm³/mol. The highest BCUT2D eigenvalue weighted by Crippen LogP contribution is 2.24. The van der Waals surface area contributed by atoms with E-state index >= 15 is 0 Å². The van der Waals surface area contributed by atoms with Crippen LogP contribution in [-0.2, 0) is 6.54 Å². The average Bonchev–Trinajstić information content (AvgIpc) is 2.93. The summed E-state index contributed by atoms with van der Waals surface area (Å²) >= 11 is 1.83. The second kappa shape index (κ2) is 7.38. The number of piperazine rings is 1. The van der Waals surface area contributed by atoms with Gasteiger partial charge in [0.05, 0.1) is 0 Å². The lowest BCUT2D eigenvalue weighted by Crippen LogP contribution is -2.49. The third kappa shape index (κ3) is 4.17. The van der Waals surface area contributed by atoms with Crippen molar-refractivity contribution < 1.29 is 0 Å². The van der Waals surface area contributed by atoms with Crippen LogP contribution < -0.4 is 10.2 Å². The average molecular weight is 296 g/mol. The largest absolute Gasteiger partial charge is 0.346 e. The molecule has 0 saturated carbocycles. The molecule has 0 bridgehead atoms. The van der Waals surface area contributed by atoms with E-state index in [-0.39, 0.29) is 0 Å². The van der Waals surface area contributed by atoms with Crippen LogP contribution >= 0.6 is 11.3 Å². The summed E-state index contributed by atoms with van der Waals surface area (Å²) < 4.78 is 0. The number of nitrogens with zero attached hydrogens (tertiary/aromatic N) is 3. The fourth-order valence-electron chi connectivity index (χ4n) is 2.44. The Kier molecular flexibility index (Phi) is 5.81. The monoisotopic (exact) mass is 296 g/mol. The molecule has 1 unspecified atom stereocenters. The van der Waals surface area contributed by atoms with Crippen molar-refractivity contribution >= 4 is 16.5 Å². The number of hydrogen-bond acceptors (Lipinski definition) is 5. The van der Waals surface area contributed by atoms with Gasteiger partial charge in [0, 0.05) is 55.9 Å². The first-order chi connectivity index (χ1) is 9.60. The number of rotatable bonds is 6. The Morgan fingerprint density at radius 3 is 2.55 bits per heavy atom. The molecule has 0 spiro atoms. The van der Waals surface area contributed by atoms with Gasteiger partial charge >= 0.3 is 0 Å². The normalized spacial score (nSPS) is 18.8. The van der Waals surface area contributed by atoms with Gasteiger partial charge in [0.2, 0.25) is 0 Å². The fraction of sp³-hybridized carbons (Fsp3) is 0.800. The van der Waals surface area contributed by atoms with Crippen LogP contribution in [-0.4, -0.2) is 48.1 Å². The van der Waals surface area contributed by atoms with E-state index in [1.54, 1.807) is 0 Å². The maximum absolute atomic E-state index is 4.59. The van der Waals surface area contributed by atoms with Gasteiger partial charge in [-0.2, -0.15) is 0 Å². The summed E-state index contributed by atoms with van der Waals surface area (Å²) in [5.41, 5.74) is 0. The van der Waals surface area contributed by atoms with Gasteiger partial charge in [-0.15, -0.1) is 11.3 Å². The zero-order chi connectivity index (χ0) is 14.5. The van der Waals surface area contributed by atoms with Crippen molar-refractivity contribution in [2.24, 2.45) is 0 Å². The first kappa shape index (κ1) is 15.7. The summed E-state index contributed by atoms with van der Waals surface area (Å²) in [7, 11) is 0. The predicted octanol–water partition coefficient (Wildman–Crippen LogP) is 2.56. The summed E-state index contributed by atoms with van der Waals surface area (Å²) in [5.74, 6) is 0. The number of thiazole rings is 1. The minimum absolute atomic E-state index is 0.527. The molecule has 1 atom stereocenters. The van der Waals surface area contributed by atoms with Crippen molar-refractivity contribution in [1.82, 2.24) is 15.2 Å². The Labute approximate surface area is 127 Å². The lowest BCUT2D eigenvalue weighted by Gasteiger charge is -2.37. The van der Waals surface area contributed by atoms with Crippen LogP contribution in [0.5, 0.6) is 0 Å². The van der Waals surface area contributed by atoms with Crippen molar-refractivity contribution in [1.29, 1.82) is 0 Å². The van der Waals surface area contributed by atoms with E-state index in [0.29, 0.717) is 12.1 Å². The highest BCUT2D eigenvalue weighted by atomic mass is 32.1. The Hall–Kier alpha value is -0.650. The van der Waals surface area contributed by atoms with Crippen molar-refractivity contribution in [2.75, 3.05) is 31.1 Å². The molecule has 1 N–H and O–H groups in total. The van der Waals surface area contributed by atoms with Gasteiger partial charge in [-0.25, -0.2) is 4.98 Å². The van der Waals surface area contributed by atoms with Crippen LogP contribution in [0.25, 0.3) is 0 Å². The highest BCUT2D eigenvalue weighted by Gasteiger charge is 2.21. The number of aromatic nitrogens is 1. The van der Waals surface area contributed by atoms with E-state index in [1.807, 2.05) is 17.5 Å². The van der Waals surface area contributed by atoms with Gasteiger partial charge in [0.1, 0.15) is 0 Å². The summed E-state index contributed by atoms with van der Waals surface area (Å²) in [5, 5.41) is 4.64. The summed E-state index contributed by atoms with van der Waals surface area (Å²) in [4.78, 5) is 10.9. The second-order valence-corrected chi connectivity index (χ2v) is 7.02. The molecule has 0 aliphatic carbocycles. The van der Waals surface area contributed by atoms with Crippen LogP contribution in [0.4, 0.5) is 5.13 Å². The van der Waals surface area contributed by atoms with Crippen LogP contribution in [0.15, 0.2) is 6.20 Å². The minimum Gasteiger partial charge on any atom is -0.346 e. The van der Waals surface area contributed by atoms with E-state index in [1.165, 1.54) is 16.4 Å². The fourth-order valence-corrected chi connectivity index (χ4v) is 3.35. The molecule has 2 rings (SSSR count). The molecule has 1 aliphatic rings. The third-order valence-electron chi connectivity index (χ3n) is 4.02. The molecule has 2 heterocycles. The molecule has 4 nitrogen and oxygen atoms in total. The zero-order valence-electron chi connectivity index (χ0n) is 13.2. The molecular formula is C15H28N4S. The first-order valence-electron chi connectivity index (χ1n) is 7.77. The lowest BCUT2D eigenvalue weighted by molar-refractivity contribution is 0.193. The molecule has 20 heavy (non-hydrogen) atoms. The number of anilines is 1. The van der Waals surface area contributed by atoms with Gasteiger partial charge in [-0.3, -0.25) is 4.90 Å². The quantitative estimate of drug-likeness (QED) is 0.874. The van der Waals surface area contributed by atoms with E-state index in [4.69, 9.17) is 0 Å². The van der Waals surface area contributed by atoms with Gasteiger partial charge in [0.15, 0.2) is 5.13 Å². The lowest BCUT2D eigenvalue weighted by atomic mass is 10.2. The minimum atomic E-state index is 0.527. The van der Waals surface area contributed by atoms with Crippen LogP contribution in [0.1, 0.15) is 39.0 Å². The summed E-state index contributed by atoms with van der Waals surface area (Å²) in [6.45, 7) is 14.4.